The fourth-order valence-corrected chi connectivity index (χ4v) is 4.47. The zero-order chi connectivity index (χ0) is 22.8. The molecule has 0 radical (unpaired) electrons. The standard InChI is InChI=1S/C26H24ClN3O3/c27-22-3-1-2-4-23(22)28-26(32)30-12-11-21-17-20(9-10-24(21)30)18-5-7-19(8-6-18)25(31)29-13-15-33-16-14-29/h1-10,17H,11-16H2,(H,28,32). The molecule has 0 atom stereocenters. The van der Waals surface area contributed by atoms with Gasteiger partial charge in [0, 0.05) is 30.9 Å². The molecule has 3 aromatic rings. The van der Waals surface area contributed by atoms with Crippen molar-refractivity contribution in [3.05, 3.63) is 82.9 Å². The Morgan fingerprint density at radius 1 is 0.879 bits per heavy atom. The van der Waals surface area contributed by atoms with Gasteiger partial charge < -0.3 is 15.0 Å². The summed E-state index contributed by atoms with van der Waals surface area (Å²) in [5.41, 5.74) is 5.41. The van der Waals surface area contributed by atoms with E-state index in [1.165, 1.54) is 0 Å². The molecule has 0 unspecified atom stereocenters. The predicted molar refractivity (Wildman–Crippen MR) is 130 cm³/mol. The number of hydrogen-bond acceptors (Lipinski definition) is 3. The molecule has 5 rings (SSSR count). The molecule has 0 aromatic heterocycles. The van der Waals surface area contributed by atoms with Crippen molar-refractivity contribution in [1.29, 1.82) is 0 Å². The molecule has 2 aliphatic rings. The Balaban J connectivity index is 1.30. The lowest BCUT2D eigenvalue weighted by Crippen LogP contribution is -2.40. The lowest BCUT2D eigenvalue weighted by atomic mass is 10.0. The molecule has 6 nitrogen and oxygen atoms in total. The van der Waals surface area contributed by atoms with Crippen LogP contribution in [-0.4, -0.2) is 49.7 Å². The Bertz CT molecular complexity index is 1190. The first kappa shape index (κ1) is 21.5. The number of ether oxygens (including phenoxy) is 1. The fourth-order valence-electron chi connectivity index (χ4n) is 4.29. The van der Waals surface area contributed by atoms with Crippen LogP contribution < -0.4 is 10.2 Å². The largest absolute Gasteiger partial charge is 0.378 e. The third-order valence-electron chi connectivity index (χ3n) is 6.10. The highest BCUT2D eigenvalue weighted by Crippen LogP contribution is 2.33. The number of carbonyl (C=O) groups excluding carboxylic acids is 2. The number of halogens is 1. The first-order valence-corrected chi connectivity index (χ1v) is 11.4. The zero-order valence-electron chi connectivity index (χ0n) is 18.1. The molecule has 168 valence electrons. The van der Waals surface area contributed by atoms with Gasteiger partial charge in [0.05, 0.1) is 23.9 Å². The van der Waals surface area contributed by atoms with E-state index in [2.05, 4.69) is 11.4 Å². The van der Waals surface area contributed by atoms with Gasteiger partial charge in [-0.2, -0.15) is 0 Å². The summed E-state index contributed by atoms with van der Waals surface area (Å²) in [4.78, 5) is 29.1. The van der Waals surface area contributed by atoms with Gasteiger partial charge in [-0.15, -0.1) is 0 Å². The minimum absolute atomic E-state index is 0.0407. The SMILES string of the molecule is O=C(c1ccc(-c2ccc3c(c2)CCN3C(=O)Nc2ccccc2Cl)cc1)N1CCOCC1. The minimum atomic E-state index is -0.194. The van der Waals surface area contributed by atoms with Crippen LogP contribution in [0, 0.1) is 0 Å². The van der Waals surface area contributed by atoms with E-state index in [-0.39, 0.29) is 11.9 Å². The van der Waals surface area contributed by atoms with Gasteiger partial charge >= 0.3 is 6.03 Å². The Hall–Kier alpha value is -3.35. The average molecular weight is 462 g/mol. The van der Waals surface area contributed by atoms with Gasteiger partial charge in [-0.25, -0.2) is 4.79 Å². The van der Waals surface area contributed by atoms with E-state index in [1.807, 2.05) is 53.4 Å². The Morgan fingerprint density at radius 2 is 1.61 bits per heavy atom. The van der Waals surface area contributed by atoms with Gasteiger partial charge in [0.2, 0.25) is 0 Å². The second kappa shape index (κ2) is 9.25. The maximum atomic E-state index is 12.8. The molecular weight excluding hydrogens is 438 g/mol. The fraction of sp³-hybridized carbons (Fsp3) is 0.231. The second-order valence-electron chi connectivity index (χ2n) is 8.14. The van der Waals surface area contributed by atoms with Crippen molar-refractivity contribution in [2.45, 2.75) is 6.42 Å². The van der Waals surface area contributed by atoms with Gasteiger partial charge in [-0.3, -0.25) is 9.69 Å². The van der Waals surface area contributed by atoms with Crippen LogP contribution in [0.25, 0.3) is 11.1 Å². The monoisotopic (exact) mass is 461 g/mol. The van der Waals surface area contributed by atoms with Crippen LogP contribution in [0.1, 0.15) is 15.9 Å². The molecule has 0 saturated carbocycles. The van der Waals surface area contributed by atoms with Gasteiger partial charge in [0.15, 0.2) is 0 Å². The van der Waals surface area contributed by atoms with E-state index in [9.17, 15) is 9.59 Å². The topological polar surface area (TPSA) is 61.9 Å². The van der Waals surface area contributed by atoms with E-state index in [4.69, 9.17) is 16.3 Å². The molecule has 1 N–H and O–H groups in total. The number of fused-ring (bicyclic) bond motifs is 1. The number of anilines is 2. The molecule has 7 heteroatoms. The van der Waals surface area contributed by atoms with Crippen LogP contribution in [0.3, 0.4) is 0 Å². The molecule has 0 aliphatic carbocycles. The van der Waals surface area contributed by atoms with E-state index in [0.717, 1.165) is 28.8 Å². The molecule has 3 amide bonds. The number of hydrogen-bond donors (Lipinski definition) is 1. The smallest absolute Gasteiger partial charge is 0.326 e. The molecular formula is C26H24ClN3O3. The Labute approximate surface area is 197 Å². The van der Waals surface area contributed by atoms with Crippen molar-refractivity contribution in [3.63, 3.8) is 0 Å². The highest BCUT2D eigenvalue weighted by molar-refractivity contribution is 6.33. The number of rotatable bonds is 3. The van der Waals surface area contributed by atoms with Crippen molar-refractivity contribution < 1.29 is 14.3 Å². The third-order valence-corrected chi connectivity index (χ3v) is 6.43. The van der Waals surface area contributed by atoms with Crippen LogP contribution in [-0.2, 0) is 11.2 Å². The molecule has 0 bridgehead atoms. The number of para-hydroxylation sites is 1. The number of carbonyl (C=O) groups is 2. The molecule has 2 aliphatic heterocycles. The molecule has 3 aromatic carbocycles. The quantitative estimate of drug-likeness (QED) is 0.592. The van der Waals surface area contributed by atoms with E-state index in [1.54, 1.807) is 17.0 Å². The van der Waals surface area contributed by atoms with Crippen LogP contribution >= 0.6 is 11.6 Å². The highest BCUT2D eigenvalue weighted by atomic mass is 35.5. The Morgan fingerprint density at radius 3 is 2.36 bits per heavy atom. The summed E-state index contributed by atoms with van der Waals surface area (Å²) in [6.45, 7) is 3.05. The predicted octanol–water partition coefficient (Wildman–Crippen LogP) is 5.07. The first-order chi connectivity index (χ1) is 16.1. The molecule has 1 fully saturated rings. The summed E-state index contributed by atoms with van der Waals surface area (Å²) in [5.74, 6) is 0.0407. The molecule has 0 spiro atoms. The summed E-state index contributed by atoms with van der Waals surface area (Å²) < 4.78 is 5.33. The molecule has 2 heterocycles. The van der Waals surface area contributed by atoms with Crippen molar-refractivity contribution in [1.82, 2.24) is 4.90 Å². The van der Waals surface area contributed by atoms with Gasteiger partial charge in [-0.05, 0) is 59.5 Å². The highest BCUT2D eigenvalue weighted by Gasteiger charge is 2.25. The number of nitrogens with zero attached hydrogens (tertiary/aromatic N) is 2. The normalized spacial score (nSPS) is 15.3. The van der Waals surface area contributed by atoms with Gasteiger partial charge in [-0.1, -0.05) is 41.9 Å². The van der Waals surface area contributed by atoms with E-state index < -0.39 is 0 Å². The lowest BCUT2D eigenvalue weighted by molar-refractivity contribution is 0.0303. The number of nitrogens with one attached hydrogen (secondary N) is 1. The van der Waals surface area contributed by atoms with Crippen LogP contribution in [0.5, 0.6) is 0 Å². The van der Waals surface area contributed by atoms with E-state index >= 15 is 0 Å². The summed E-state index contributed by atoms with van der Waals surface area (Å²) in [5, 5.41) is 3.40. The van der Waals surface area contributed by atoms with Crippen molar-refractivity contribution in [2.75, 3.05) is 43.1 Å². The van der Waals surface area contributed by atoms with E-state index in [0.29, 0.717) is 49.1 Å². The number of benzene rings is 3. The van der Waals surface area contributed by atoms with Crippen molar-refractivity contribution in [2.24, 2.45) is 0 Å². The Kier molecular flexibility index (Phi) is 6.03. The summed E-state index contributed by atoms with van der Waals surface area (Å²) in [6, 6.07) is 20.8. The third kappa shape index (κ3) is 4.45. The molecule has 1 saturated heterocycles. The van der Waals surface area contributed by atoms with Crippen LogP contribution in [0.4, 0.5) is 16.2 Å². The number of amides is 3. The van der Waals surface area contributed by atoms with Crippen LogP contribution in [0.2, 0.25) is 5.02 Å². The average Bonchev–Trinajstić information content (AvgIpc) is 3.29. The van der Waals surface area contributed by atoms with Gasteiger partial charge in [0.25, 0.3) is 5.91 Å². The van der Waals surface area contributed by atoms with Crippen LogP contribution in [0.15, 0.2) is 66.7 Å². The maximum absolute atomic E-state index is 12.8. The summed E-state index contributed by atoms with van der Waals surface area (Å²) in [7, 11) is 0. The zero-order valence-corrected chi connectivity index (χ0v) is 18.8. The minimum Gasteiger partial charge on any atom is -0.378 e. The number of morpholine rings is 1. The maximum Gasteiger partial charge on any atom is 0.326 e. The summed E-state index contributed by atoms with van der Waals surface area (Å²) >= 11 is 6.18. The first-order valence-electron chi connectivity index (χ1n) is 11.0. The van der Waals surface area contributed by atoms with Crippen molar-refractivity contribution in [3.8, 4) is 11.1 Å². The lowest BCUT2D eigenvalue weighted by Gasteiger charge is -2.26. The van der Waals surface area contributed by atoms with Gasteiger partial charge in [0.1, 0.15) is 0 Å². The second-order valence-corrected chi connectivity index (χ2v) is 8.54. The van der Waals surface area contributed by atoms with Crippen molar-refractivity contribution >= 4 is 34.9 Å². The number of urea groups is 1. The molecule has 33 heavy (non-hydrogen) atoms. The summed E-state index contributed by atoms with van der Waals surface area (Å²) in [6.07, 6.45) is 0.784.